The second-order valence-corrected chi connectivity index (χ2v) is 18.0. The van der Waals surface area contributed by atoms with Crippen molar-refractivity contribution >= 4 is 33.9 Å². The Morgan fingerprint density at radius 3 is 2.30 bits per heavy atom. The Bertz CT molecular complexity index is 2660. The molecule has 61 heavy (non-hydrogen) atoms. The van der Waals surface area contributed by atoms with Crippen molar-refractivity contribution in [2.75, 3.05) is 9.80 Å². The summed E-state index contributed by atoms with van der Waals surface area (Å²) in [6, 6.07) is 57.3. The van der Waals surface area contributed by atoms with Crippen molar-refractivity contribution in [2.24, 2.45) is 17.8 Å². The fraction of sp³-hybridized carbons (Fsp3) is 0.254. The average Bonchev–Trinajstić information content (AvgIpc) is 3.32. The zero-order chi connectivity index (χ0) is 40.7. The minimum atomic E-state index is 0.330. The van der Waals surface area contributed by atoms with Gasteiger partial charge in [-0.25, -0.2) is 0 Å². The fourth-order valence-corrected chi connectivity index (χ4v) is 12.1. The summed E-state index contributed by atoms with van der Waals surface area (Å²) < 4.78 is 0. The van der Waals surface area contributed by atoms with Crippen LogP contribution in [0.4, 0.5) is 17.1 Å². The molecule has 6 unspecified atom stereocenters. The molecule has 2 saturated carbocycles. The highest BCUT2D eigenvalue weighted by Gasteiger charge is 2.52. The van der Waals surface area contributed by atoms with E-state index in [1.165, 1.54) is 68.5 Å². The van der Waals surface area contributed by atoms with Crippen LogP contribution in [0.5, 0.6) is 0 Å². The number of allylic oxidation sites excluding steroid dienone is 7. The van der Waals surface area contributed by atoms with Crippen molar-refractivity contribution in [3.63, 3.8) is 0 Å². The second-order valence-electron chi connectivity index (χ2n) is 18.0. The Morgan fingerprint density at radius 1 is 0.656 bits per heavy atom. The molecule has 0 radical (unpaired) electrons. The van der Waals surface area contributed by atoms with Crippen LogP contribution in [0.2, 0.25) is 0 Å². The summed E-state index contributed by atoms with van der Waals surface area (Å²) in [5.74, 6) is 2.08. The Labute approximate surface area is 363 Å². The van der Waals surface area contributed by atoms with Gasteiger partial charge in [0.25, 0.3) is 0 Å². The van der Waals surface area contributed by atoms with Crippen LogP contribution < -0.4 is 9.80 Å². The zero-order valence-corrected chi connectivity index (χ0v) is 35.3. The molecule has 0 heterocycles. The lowest BCUT2D eigenvalue weighted by atomic mass is 9.51. The van der Waals surface area contributed by atoms with Gasteiger partial charge in [-0.3, -0.25) is 0 Å². The topological polar surface area (TPSA) is 6.48 Å². The lowest BCUT2D eigenvalue weighted by Gasteiger charge is -2.55. The summed E-state index contributed by atoms with van der Waals surface area (Å²) in [5.41, 5.74) is 15.0. The van der Waals surface area contributed by atoms with Crippen molar-refractivity contribution in [1.82, 2.24) is 0 Å². The highest BCUT2D eigenvalue weighted by molar-refractivity contribution is 5.86. The maximum Gasteiger partial charge on any atom is 0.0973 e. The summed E-state index contributed by atoms with van der Waals surface area (Å²) >= 11 is 0. The van der Waals surface area contributed by atoms with Gasteiger partial charge in [0.15, 0.2) is 0 Å². The summed E-state index contributed by atoms with van der Waals surface area (Å²) in [6.07, 6.45) is 26.1. The number of aryl methyl sites for hydroxylation is 2. The number of rotatable bonds is 8. The third-order valence-electron chi connectivity index (χ3n) is 14.6. The molecule has 0 aromatic heterocycles. The molecule has 0 bridgehead atoms. The molecule has 0 N–H and O–H groups in total. The fourth-order valence-electron chi connectivity index (χ4n) is 12.1. The van der Waals surface area contributed by atoms with Crippen LogP contribution in [0.1, 0.15) is 84.6 Å². The molecule has 2 fully saturated rings. The number of hydrogen-bond donors (Lipinski definition) is 0. The number of hydrogen-bond acceptors (Lipinski definition) is 2. The summed E-state index contributed by atoms with van der Waals surface area (Å²) in [6.45, 7) is 2.33. The van der Waals surface area contributed by atoms with E-state index in [4.69, 9.17) is 0 Å². The monoisotopic (exact) mass is 790 g/mol. The first-order chi connectivity index (χ1) is 30.2. The summed E-state index contributed by atoms with van der Waals surface area (Å²) in [5, 5.41) is 2.72. The first kappa shape index (κ1) is 37.7. The molecule has 11 rings (SSSR count). The smallest absolute Gasteiger partial charge is 0.0973 e. The molecule has 6 aromatic rings. The standard InChI is InChI=1S/C59H54N2/c1-41-36-46(38-44-20-16-17-29-53(41)44)59-55-35-33-51(60(47-21-6-2-7-22-47)48-23-8-3-9-24-48)39-56(55)58(45-31-30-42-18-14-15-19-43(42)37-45)54-34-32-52(40-57(54)59)61(49-25-10-4-11-26-49)50-27-12-5-13-28-50/h2-4,6-8,10-12,14,16-18,20-23,25-31,33,36-39,52,54-55,57-59H,5,13,15,19,32,34-35,40H2,1H3. The van der Waals surface area contributed by atoms with Gasteiger partial charge < -0.3 is 9.80 Å². The van der Waals surface area contributed by atoms with E-state index in [1.54, 1.807) is 5.57 Å². The van der Waals surface area contributed by atoms with Gasteiger partial charge in [-0.2, -0.15) is 0 Å². The van der Waals surface area contributed by atoms with Gasteiger partial charge in [-0.05, 0) is 175 Å². The van der Waals surface area contributed by atoms with E-state index in [-0.39, 0.29) is 0 Å². The van der Waals surface area contributed by atoms with E-state index in [2.05, 4.69) is 199 Å². The molecule has 0 amide bonds. The lowest BCUT2D eigenvalue weighted by Crippen LogP contribution is -2.48. The summed E-state index contributed by atoms with van der Waals surface area (Å²) in [4.78, 5) is 5.14. The Morgan fingerprint density at radius 2 is 1.48 bits per heavy atom. The SMILES string of the molecule is Cc1cc(C2C3CC=C(N(c4c#cccc4)c4ccccc4)C=C3C(c3ccc4c(c3)CCC=C4)C3CCC(N(C4=CCCC=C4)c4ccccc4)CC32)cc2ccccc12. The van der Waals surface area contributed by atoms with E-state index in [1.807, 2.05) is 6.07 Å². The van der Waals surface area contributed by atoms with Crippen LogP contribution in [-0.2, 0) is 6.42 Å². The minimum Gasteiger partial charge on any atom is -0.339 e. The molecule has 6 aromatic carbocycles. The maximum absolute atomic E-state index is 3.48. The van der Waals surface area contributed by atoms with E-state index in [9.17, 15) is 0 Å². The number of benzene rings is 5. The van der Waals surface area contributed by atoms with Gasteiger partial charge >= 0.3 is 0 Å². The third kappa shape index (κ3) is 7.05. The molecule has 0 spiro atoms. The highest BCUT2D eigenvalue weighted by atomic mass is 15.2. The van der Waals surface area contributed by atoms with Gasteiger partial charge in [-0.15, -0.1) is 0 Å². The van der Waals surface area contributed by atoms with Crippen molar-refractivity contribution in [3.8, 4) is 0 Å². The zero-order valence-electron chi connectivity index (χ0n) is 35.3. The van der Waals surface area contributed by atoms with E-state index in [0.29, 0.717) is 35.6 Å². The first-order valence-electron chi connectivity index (χ1n) is 22.8. The minimum absolute atomic E-state index is 0.330. The van der Waals surface area contributed by atoms with Crippen LogP contribution in [0.25, 0.3) is 16.8 Å². The van der Waals surface area contributed by atoms with Crippen LogP contribution in [0, 0.1) is 36.8 Å². The number of anilines is 3. The second kappa shape index (κ2) is 16.3. The number of nitrogens with zero attached hydrogens (tertiary/aromatic N) is 2. The molecule has 5 aliphatic carbocycles. The van der Waals surface area contributed by atoms with E-state index in [0.717, 1.165) is 49.9 Å². The van der Waals surface area contributed by atoms with Gasteiger partial charge in [-0.1, -0.05) is 139 Å². The molecule has 0 saturated heterocycles. The summed E-state index contributed by atoms with van der Waals surface area (Å²) in [7, 11) is 0. The molecule has 2 heteroatoms. The molecule has 6 atom stereocenters. The van der Waals surface area contributed by atoms with Gasteiger partial charge in [0.1, 0.15) is 0 Å². The molecule has 5 aliphatic rings. The number of para-hydroxylation sites is 2. The predicted molar refractivity (Wildman–Crippen MR) is 255 cm³/mol. The Hall–Kier alpha value is -6.30. The lowest BCUT2D eigenvalue weighted by molar-refractivity contribution is 0.106. The normalized spacial score (nSPS) is 24.0. The molecular weight excluding hydrogens is 737 g/mol. The predicted octanol–water partition coefficient (Wildman–Crippen LogP) is 14.8. The van der Waals surface area contributed by atoms with Crippen LogP contribution >= 0.6 is 0 Å². The van der Waals surface area contributed by atoms with E-state index >= 15 is 0 Å². The van der Waals surface area contributed by atoms with Crippen molar-refractivity contribution < 1.29 is 0 Å². The van der Waals surface area contributed by atoms with E-state index < -0.39 is 0 Å². The van der Waals surface area contributed by atoms with Crippen LogP contribution in [-0.4, -0.2) is 6.04 Å². The van der Waals surface area contributed by atoms with Crippen LogP contribution in [0.3, 0.4) is 0 Å². The maximum atomic E-state index is 3.48. The average molecular weight is 791 g/mol. The van der Waals surface area contributed by atoms with Crippen molar-refractivity contribution in [3.05, 3.63) is 227 Å². The number of fused-ring (bicyclic) bond motifs is 4. The largest absolute Gasteiger partial charge is 0.339 e. The molecule has 300 valence electrons. The molecular formula is C59H54N2. The van der Waals surface area contributed by atoms with Gasteiger partial charge in [0.05, 0.1) is 5.69 Å². The Balaban J connectivity index is 1.09. The quantitative estimate of drug-likeness (QED) is 0.152. The highest BCUT2D eigenvalue weighted by Crippen LogP contribution is 2.62. The van der Waals surface area contributed by atoms with Crippen LogP contribution in [0.15, 0.2) is 187 Å². The van der Waals surface area contributed by atoms with Crippen molar-refractivity contribution in [1.29, 1.82) is 0 Å². The van der Waals surface area contributed by atoms with Crippen molar-refractivity contribution in [2.45, 2.75) is 76.2 Å². The Kier molecular flexibility index (Phi) is 10.1. The third-order valence-corrected chi connectivity index (χ3v) is 14.6. The first-order valence-corrected chi connectivity index (χ1v) is 22.8. The van der Waals surface area contributed by atoms with Gasteiger partial charge in [0.2, 0.25) is 0 Å². The molecule has 2 nitrogen and oxygen atoms in total. The van der Waals surface area contributed by atoms with Gasteiger partial charge in [0, 0.05) is 34.7 Å². The molecule has 0 aliphatic heterocycles.